The molecule has 0 heterocycles. The van der Waals surface area contributed by atoms with Crippen LogP contribution in [0, 0.1) is 5.92 Å². The molecule has 0 saturated heterocycles. The maximum Gasteiger partial charge on any atom is 0.200 e. The van der Waals surface area contributed by atoms with Crippen molar-refractivity contribution >= 4 is 30.0 Å². The summed E-state index contributed by atoms with van der Waals surface area (Å²) in [7, 11) is -1.93. The normalized spacial score (nSPS) is 23.8. The van der Waals surface area contributed by atoms with E-state index in [4.69, 9.17) is 4.43 Å². The third-order valence-corrected chi connectivity index (χ3v) is 12.7. The van der Waals surface area contributed by atoms with E-state index in [0.29, 0.717) is 34.7 Å². The van der Waals surface area contributed by atoms with Crippen molar-refractivity contribution in [1.29, 1.82) is 0 Å². The van der Waals surface area contributed by atoms with E-state index in [1.807, 2.05) is 0 Å². The lowest BCUT2D eigenvalue weighted by atomic mass is 9.85. The molecule has 0 aliphatic heterocycles. The topological polar surface area (TPSA) is 26.3 Å². The standard InChI is InChI=1S/C20H39BrO2Si/c1-15(2)24(16(3)4,17(5)6)23-20-14-19(22)12-8-7-10-18(20)11-9-13-21/h15-18,20H,7-14H2,1-6H3/t18-,20-/m0/s1. The summed E-state index contributed by atoms with van der Waals surface area (Å²) in [6.07, 6.45) is 7.38. The Hall–Kier alpha value is 0.327. The minimum atomic E-state index is -1.93. The minimum absolute atomic E-state index is 0.149. The first-order chi connectivity index (χ1) is 11.3. The molecule has 0 unspecified atom stereocenters. The van der Waals surface area contributed by atoms with Gasteiger partial charge in [-0.2, -0.15) is 0 Å². The molecule has 1 rings (SSSR count). The van der Waals surface area contributed by atoms with Gasteiger partial charge >= 0.3 is 0 Å². The largest absolute Gasteiger partial charge is 0.412 e. The molecule has 142 valence electrons. The third-order valence-electron chi connectivity index (χ3n) is 6.01. The first-order valence-corrected chi connectivity index (χ1v) is 13.3. The lowest BCUT2D eigenvalue weighted by Crippen LogP contribution is -2.52. The highest BCUT2D eigenvalue weighted by atomic mass is 79.9. The lowest BCUT2D eigenvalue weighted by Gasteiger charge is -2.46. The van der Waals surface area contributed by atoms with Crippen LogP contribution in [0.15, 0.2) is 0 Å². The number of ketones is 1. The monoisotopic (exact) mass is 418 g/mol. The van der Waals surface area contributed by atoms with Gasteiger partial charge in [0.2, 0.25) is 8.32 Å². The molecule has 1 saturated carbocycles. The molecule has 0 spiro atoms. The van der Waals surface area contributed by atoms with Gasteiger partial charge < -0.3 is 4.43 Å². The van der Waals surface area contributed by atoms with Crippen molar-refractivity contribution in [3.05, 3.63) is 0 Å². The number of hydrogen-bond donors (Lipinski definition) is 0. The van der Waals surface area contributed by atoms with Crippen LogP contribution in [-0.2, 0) is 9.22 Å². The summed E-state index contributed by atoms with van der Waals surface area (Å²) in [5, 5.41) is 1.05. The van der Waals surface area contributed by atoms with Gasteiger partial charge in [0, 0.05) is 18.2 Å². The van der Waals surface area contributed by atoms with E-state index in [9.17, 15) is 4.79 Å². The van der Waals surface area contributed by atoms with Crippen LogP contribution in [0.2, 0.25) is 16.6 Å². The highest BCUT2D eigenvalue weighted by Crippen LogP contribution is 2.45. The molecule has 2 nitrogen and oxygen atoms in total. The Kier molecular flexibility index (Phi) is 9.76. The fourth-order valence-corrected chi connectivity index (χ4v) is 10.8. The molecule has 0 amide bonds. The molecule has 4 heteroatoms. The molecule has 0 aromatic rings. The van der Waals surface area contributed by atoms with Gasteiger partial charge in [0.1, 0.15) is 5.78 Å². The van der Waals surface area contributed by atoms with Crippen molar-refractivity contribution in [3.8, 4) is 0 Å². The highest BCUT2D eigenvalue weighted by Gasteiger charge is 2.47. The van der Waals surface area contributed by atoms with E-state index in [2.05, 4.69) is 57.5 Å². The Morgan fingerprint density at radius 3 is 2.17 bits per heavy atom. The lowest BCUT2D eigenvalue weighted by molar-refractivity contribution is -0.122. The Balaban J connectivity index is 3.08. The molecular weight excluding hydrogens is 380 g/mol. The van der Waals surface area contributed by atoms with Gasteiger partial charge in [-0.25, -0.2) is 0 Å². The zero-order valence-electron chi connectivity index (χ0n) is 16.7. The summed E-state index contributed by atoms with van der Waals surface area (Å²) in [6.45, 7) is 14.0. The van der Waals surface area contributed by atoms with E-state index in [0.717, 1.165) is 18.2 Å². The van der Waals surface area contributed by atoms with Gasteiger partial charge in [-0.05, 0) is 48.2 Å². The summed E-state index contributed by atoms with van der Waals surface area (Å²) in [5.74, 6) is 0.970. The summed E-state index contributed by atoms with van der Waals surface area (Å²) in [4.78, 5) is 12.4. The van der Waals surface area contributed by atoms with Crippen molar-refractivity contribution in [2.24, 2.45) is 5.92 Å². The van der Waals surface area contributed by atoms with Crippen molar-refractivity contribution < 1.29 is 9.22 Å². The van der Waals surface area contributed by atoms with Crippen molar-refractivity contribution in [2.75, 3.05) is 5.33 Å². The van der Waals surface area contributed by atoms with Gasteiger partial charge in [0.15, 0.2) is 0 Å². The smallest absolute Gasteiger partial charge is 0.200 e. The zero-order valence-corrected chi connectivity index (χ0v) is 19.3. The quantitative estimate of drug-likeness (QED) is 0.317. The first-order valence-electron chi connectivity index (χ1n) is 10.0. The van der Waals surface area contributed by atoms with Crippen LogP contribution < -0.4 is 0 Å². The van der Waals surface area contributed by atoms with E-state index < -0.39 is 8.32 Å². The van der Waals surface area contributed by atoms with E-state index >= 15 is 0 Å². The van der Waals surface area contributed by atoms with Crippen LogP contribution in [0.25, 0.3) is 0 Å². The molecule has 0 N–H and O–H groups in total. The average molecular weight is 420 g/mol. The van der Waals surface area contributed by atoms with Crippen LogP contribution in [0.4, 0.5) is 0 Å². The molecule has 0 aromatic carbocycles. The molecular formula is C20H39BrO2Si. The summed E-state index contributed by atoms with van der Waals surface area (Å²) in [5.41, 5.74) is 1.74. The van der Waals surface area contributed by atoms with Gasteiger partial charge in [-0.3, -0.25) is 4.79 Å². The van der Waals surface area contributed by atoms with Gasteiger partial charge in [0.05, 0.1) is 6.10 Å². The highest BCUT2D eigenvalue weighted by molar-refractivity contribution is 9.09. The number of hydrogen-bond acceptors (Lipinski definition) is 2. The third kappa shape index (κ3) is 5.67. The van der Waals surface area contributed by atoms with Crippen molar-refractivity contribution in [2.45, 2.75) is 109 Å². The molecule has 2 atom stereocenters. The van der Waals surface area contributed by atoms with Crippen LogP contribution in [0.1, 0.15) is 86.5 Å². The van der Waals surface area contributed by atoms with Gasteiger partial charge in [0.25, 0.3) is 0 Å². The van der Waals surface area contributed by atoms with Crippen LogP contribution in [0.5, 0.6) is 0 Å². The number of rotatable bonds is 8. The minimum Gasteiger partial charge on any atom is -0.412 e. The maximum absolute atomic E-state index is 12.4. The summed E-state index contributed by atoms with van der Waals surface area (Å²) >= 11 is 3.57. The summed E-state index contributed by atoms with van der Waals surface area (Å²) in [6, 6.07) is 0. The van der Waals surface area contributed by atoms with Crippen LogP contribution in [0.3, 0.4) is 0 Å². The Bertz CT molecular complexity index is 358. The van der Waals surface area contributed by atoms with E-state index in [1.165, 1.54) is 25.7 Å². The average Bonchev–Trinajstić information content (AvgIpc) is 2.47. The zero-order chi connectivity index (χ0) is 18.3. The molecule has 0 bridgehead atoms. The Morgan fingerprint density at radius 2 is 1.67 bits per heavy atom. The van der Waals surface area contributed by atoms with E-state index in [1.54, 1.807) is 0 Å². The fourth-order valence-electron chi connectivity index (χ4n) is 4.89. The van der Waals surface area contributed by atoms with Gasteiger partial charge in [-0.1, -0.05) is 63.9 Å². The summed E-state index contributed by atoms with van der Waals surface area (Å²) < 4.78 is 7.08. The fraction of sp³-hybridized carbons (Fsp3) is 0.950. The van der Waals surface area contributed by atoms with E-state index in [-0.39, 0.29) is 6.10 Å². The molecule has 1 aliphatic carbocycles. The first kappa shape index (κ1) is 22.4. The van der Waals surface area contributed by atoms with Crippen LogP contribution in [-0.4, -0.2) is 25.5 Å². The number of Topliss-reactive ketones (excluding diaryl/α,β-unsaturated/α-hetero) is 1. The Labute approximate surface area is 159 Å². The van der Waals surface area contributed by atoms with Crippen LogP contribution >= 0.6 is 15.9 Å². The Morgan fingerprint density at radius 1 is 1.08 bits per heavy atom. The van der Waals surface area contributed by atoms with Crippen molar-refractivity contribution in [1.82, 2.24) is 0 Å². The predicted molar refractivity (Wildman–Crippen MR) is 111 cm³/mol. The number of halogens is 1. The number of carbonyl (C=O) groups is 1. The second-order valence-electron chi connectivity index (χ2n) is 8.55. The molecule has 24 heavy (non-hydrogen) atoms. The maximum atomic E-state index is 12.4. The second kappa shape index (κ2) is 10.5. The number of alkyl halides is 1. The molecule has 1 aliphatic rings. The predicted octanol–water partition coefficient (Wildman–Crippen LogP) is 6.87. The van der Waals surface area contributed by atoms with Crippen molar-refractivity contribution in [3.63, 3.8) is 0 Å². The number of carbonyl (C=O) groups excluding carboxylic acids is 1. The molecule has 0 radical (unpaired) electrons. The second-order valence-corrected chi connectivity index (χ2v) is 14.8. The van der Waals surface area contributed by atoms with Gasteiger partial charge in [-0.15, -0.1) is 0 Å². The molecule has 1 fully saturated rings. The SMILES string of the molecule is CC(C)[Si](O[C@H]1CC(=O)CCCC[C@H]1CCCBr)(C(C)C)C(C)C. The molecule has 0 aromatic heterocycles.